The van der Waals surface area contributed by atoms with E-state index in [2.05, 4.69) is 10.1 Å². The van der Waals surface area contributed by atoms with Gasteiger partial charge in [-0.25, -0.2) is 0 Å². The minimum atomic E-state index is -0.241. The van der Waals surface area contributed by atoms with Crippen LogP contribution in [0.15, 0.2) is 40.9 Å². The maximum atomic E-state index is 10.2. The van der Waals surface area contributed by atoms with E-state index in [1.165, 1.54) is 0 Å². The second kappa shape index (κ2) is 5.54. The fraction of sp³-hybridized carbons (Fsp3) is 0.250. The number of rotatable bonds is 4. The van der Waals surface area contributed by atoms with E-state index >= 15 is 0 Å². The summed E-state index contributed by atoms with van der Waals surface area (Å²) in [5.74, 6) is 0.882. The largest absolute Gasteiger partial charge is 0.507 e. The molecule has 0 saturated carbocycles. The number of benzene rings is 2. The van der Waals surface area contributed by atoms with Crippen LogP contribution in [-0.4, -0.2) is 21.9 Å². The van der Waals surface area contributed by atoms with Crippen molar-refractivity contribution in [2.24, 2.45) is 0 Å². The first-order chi connectivity index (χ1) is 10.2. The van der Waals surface area contributed by atoms with Crippen molar-refractivity contribution in [3.8, 4) is 17.2 Å². The molecule has 5 heteroatoms. The van der Waals surface area contributed by atoms with Gasteiger partial charge in [-0.15, -0.1) is 0 Å². The molecule has 0 radical (unpaired) electrons. The van der Waals surface area contributed by atoms with Crippen LogP contribution in [0.5, 0.6) is 5.75 Å². The Morgan fingerprint density at radius 3 is 2.67 bits per heavy atom. The van der Waals surface area contributed by atoms with Crippen LogP contribution in [0.25, 0.3) is 22.2 Å². The standard InChI is InChI=1S/C16H16N2O3/c1-3-20-10(2)15-17-16(21-18-15)13-8-11-6-4-5-7-12(11)9-14(13)19/h4-10,19H,3H2,1-2H3. The highest BCUT2D eigenvalue weighted by Crippen LogP contribution is 2.33. The Balaban J connectivity index is 2.02. The lowest BCUT2D eigenvalue weighted by Gasteiger charge is -2.05. The minimum absolute atomic E-state index is 0.118. The SMILES string of the molecule is CCOC(C)c1noc(-c2cc3ccccc3cc2O)n1. The topological polar surface area (TPSA) is 68.4 Å². The molecule has 1 aromatic heterocycles. The number of ether oxygens (including phenoxy) is 1. The van der Waals surface area contributed by atoms with Gasteiger partial charge in [-0.05, 0) is 36.8 Å². The van der Waals surface area contributed by atoms with Crippen molar-refractivity contribution < 1.29 is 14.4 Å². The Morgan fingerprint density at radius 1 is 1.24 bits per heavy atom. The number of phenolic OH excluding ortho intramolecular Hbond substituents is 1. The van der Waals surface area contributed by atoms with Crippen LogP contribution >= 0.6 is 0 Å². The van der Waals surface area contributed by atoms with Crippen LogP contribution < -0.4 is 0 Å². The smallest absolute Gasteiger partial charge is 0.261 e. The molecule has 0 aliphatic carbocycles. The highest BCUT2D eigenvalue weighted by atomic mass is 16.5. The summed E-state index contributed by atoms with van der Waals surface area (Å²) in [7, 11) is 0. The fourth-order valence-electron chi connectivity index (χ4n) is 2.23. The summed E-state index contributed by atoms with van der Waals surface area (Å²) in [6.07, 6.45) is -0.241. The van der Waals surface area contributed by atoms with Crippen LogP contribution in [0.2, 0.25) is 0 Å². The third kappa shape index (κ3) is 2.60. The summed E-state index contributed by atoms with van der Waals surface area (Å²) < 4.78 is 10.7. The van der Waals surface area contributed by atoms with Gasteiger partial charge in [-0.1, -0.05) is 29.4 Å². The summed E-state index contributed by atoms with van der Waals surface area (Å²) in [6.45, 7) is 4.34. The molecule has 0 amide bonds. The zero-order valence-corrected chi connectivity index (χ0v) is 11.9. The summed E-state index contributed by atoms with van der Waals surface area (Å²) in [5, 5.41) is 16.0. The van der Waals surface area contributed by atoms with Gasteiger partial charge in [0.2, 0.25) is 5.82 Å². The number of fused-ring (bicyclic) bond motifs is 1. The summed E-state index contributed by atoms with van der Waals surface area (Å²) in [5.41, 5.74) is 0.524. The Bertz CT molecular complexity index is 767. The lowest BCUT2D eigenvalue weighted by molar-refractivity contribution is 0.0683. The van der Waals surface area contributed by atoms with Gasteiger partial charge in [0.25, 0.3) is 5.89 Å². The van der Waals surface area contributed by atoms with Gasteiger partial charge >= 0.3 is 0 Å². The van der Waals surface area contributed by atoms with Crippen LogP contribution in [-0.2, 0) is 4.74 Å². The molecule has 0 aliphatic rings. The van der Waals surface area contributed by atoms with Gasteiger partial charge in [0.1, 0.15) is 11.9 Å². The van der Waals surface area contributed by atoms with Crippen molar-refractivity contribution in [1.29, 1.82) is 0 Å². The Hall–Kier alpha value is -2.40. The molecule has 0 aliphatic heterocycles. The van der Waals surface area contributed by atoms with E-state index in [1.54, 1.807) is 6.07 Å². The molecule has 1 unspecified atom stereocenters. The number of aromatic nitrogens is 2. The number of nitrogens with zero attached hydrogens (tertiary/aromatic N) is 2. The lowest BCUT2D eigenvalue weighted by atomic mass is 10.1. The maximum absolute atomic E-state index is 10.2. The highest BCUT2D eigenvalue weighted by Gasteiger charge is 2.17. The zero-order valence-electron chi connectivity index (χ0n) is 11.9. The van der Waals surface area contributed by atoms with Crippen LogP contribution in [0.4, 0.5) is 0 Å². The maximum Gasteiger partial charge on any atom is 0.261 e. The summed E-state index contributed by atoms with van der Waals surface area (Å²) in [6, 6.07) is 11.3. The highest BCUT2D eigenvalue weighted by molar-refractivity contribution is 5.89. The quantitative estimate of drug-likeness (QED) is 0.791. The predicted molar refractivity (Wildman–Crippen MR) is 78.9 cm³/mol. The van der Waals surface area contributed by atoms with Gasteiger partial charge in [0, 0.05) is 6.61 Å². The van der Waals surface area contributed by atoms with Crippen molar-refractivity contribution in [3.63, 3.8) is 0 Å². The Morgan fingerprint density at radius 2 is 1.95 bits per heavy atom. The molecule has 108 valence electrons. The van der Waals surface area contributed by atoms with Gasteiger partial charge < -0.3 is 14.4 Å². The second-order valence-electron chi connectivity index (χ2n) is 4.77. The Kier molecular flexibility index (Phi) is 3.58. The molecule has 2 aromatic carbocycles. The molecule has 1 heterocycles. The molecule has 0 bridgehead atoms. The zero-order chi connectivity index (χ0) is 14.8. The monoisotopic (exact) mass is 284 g/mol. The van der Waals surface area contributed by atoms with E-state index in [1.807, 2.05) is 44.2 Å². The van der Waals surface area contributed by atoms with E-state index < -0.39 is 0 Å². The predicted octanol–water partition coefficient (Wildman–Crippen LogP) is 3.69. The first-order valence-corrected chi connectivity index (χ1v) is 6.86. The molecule has 0 spiro atoms. The summed E-state index contributed by atoms with van der Waals surface area (Å²) in [4.78, 5) is 4.30. The molecule has 0 saturated heterocycles. The lowest BCUT2D eigenvalue weighted by Crippen LogP contribution is -2.01. The average molecular weight is 284 g/mol. The third-order valence-electron chi connectivity index (χ3n) is 3.32. The number of hydrogen-bond acceptors (Lipinski definition) is 5. The molecule has 21 heavy (non-hydrogen) atoms. The van der Waals surface area contributed by atoms with Crippen molar-refractivity contribution >= 4 is 10.8 Å². The van der Waals surface area contributed by atoms with Crippen molar-refractivity contribution in [2.75, 3.05) is 6.61 Å². The molecule has 5 nitrogen and oxygen atoms in total. The molecule has 1 N–H and O–H groups in total. The van der Waals surface area contributed by atoms with Crippen molar-refractivity contribution in [1.82, 2.24) is 10.1 Å². The third-order valence-corrected chi connectivity index (χ3v) is 3.32. The van der Waals surface area contributed by atoms with Crippen LogP contribution in [0, 0.1) is 0 Å². The molecule has 0 fully saturated rings. The van der Waals surface area contributed by atoms with E-state index in [-0.39, 0.29) is 11.9 Å². The molecule has 1 atom stereocenters. The fourth-order valence-corrected chi connectivity index (χ4v) is 2.23. The van der Waals surface area contributed by atoms with Crippen molar-refractivity contribution in [3.05, 3.63) is 42.2 Å². The average Bonchev–Trinajstić information content (AvgIpc) is 2.96. The van der Waals surface area contributed by atoms with E-state index in [4.69, 9.17) is 9.26 Å². The Labute approximate surface area is 122 Å². The van der Waals surface area contributed by atoms with Gasteiger partial charge in [-0.2, -0.15) is 4.98 Å². The number of phenols is 1. The van der Waals surface area contributed by atoms with Crippen LogP contribution in [0.3, 0.4) is 0 Å². The second-order valence-corrected chi connectivity index (χ2v) is 4.77. The first kappa shape index (κ1) is 13.6. The van der Waals surface area contributed by atoms with Crippen molar-refractivity contribution in [2.45, 2.75) is 20.0 Å². The number of aromatic hydroxyl groups is 1. The van der Waals surface area contributed by atoms with E-state index in [9.17, 15) is 5.11 Å². The normalized spacial score (nSPS) is 12.7. The van der Waals surface area contributed by atoms with Gasteiger partial charge in [0.15, 0.2) is 0 Å². The molecule has 3 rings (SSSR count). The molecular formula is C16H16N2O3. The van der Waals surface area contributed by atoms with E-state index in [0.29, 0.717) is 23.9 Å². The van der Waals surface area contributed by atoms with E-state index in [0.717, 1.165) is 10.8 Å². The molecular weight excluding hydrogens is 268 g/mol. The summed E-state index contributed by atoms with van der Waals surface area (Å²) >= 11 is 0. The van der Waals surface area contributed by atoms with Gasteiger partial charge in [0.05, 0.1) is 5.56 Å². The number of hydrogen-bond donors (Lipinski definition) is 1. The van der Waals surface area contributed by atoms with Gasteiger partial charge in [-0.3, -0.25) is 0 Å². The molecule has 3 aromatic rings. The minimum Gasteiger partial charge on any atom is -0.507 e. The van der Waals surface area contributed by atoms with Crippen LogP contribution in [0.1, 0.15) is 25.8 Å². The first-order valence-electron chi connectivity index (χ1n) is 6.86.